The van der Waals surface area contributed by atoms with Gasteiger partial charge in [0.1, 0.15) is 11.5 Å². The molecule has 0 aliphatic heterocycles. The SMILES string of the molecule is COc1ccc(Cc2nnc3sc(SCC(C)=O)nn3c2=O)cc1OC. The highest BCUT2D eigenvalue weighted by molar-refractivity contribution is 8.01. The van der Waals surface area contributed by atoms with Crippen LogP contribution in [0.3, 0.4) is 0 Å². The fourth-order valence-electron chi connectivity index (χ4n) is 2.25. The van der Waals surface area contributed by atoms with Gasteiger partial charge < -0.3 is 9.47 Å². The van der Waals surface area contributed by atoms with Crippen LogP contribution in [0.5, 0.6) is 11.5 Å². The molecule has 0 radical (unpaired) electrons. The summed E-state index contributed by atoms with van der Waals surface area (Å²) in [6.07, 6.45) is 0.294. The lowest BCUT2D eigenvalue weighted by Crippen LogP contribution is -2.22. The van der Waals surface area contributed by atoms with Gasteiger partial charge in [-0.1, -0.05) is 29.2 Å². The van der Waals surface area contributed by atoms with Crippen LogP contribution < -0.4 is 15.0 Å². The van der Waals surface area contributed by atoms with Gasteiger partial charge in [0.05, 0.1) is 20.0 Å². The van der Waals surface area contributed by atoms with E-state index >= 15 is 0 Å². The lowest BCUT2D eigenvalue weighted by molar-refractivity contribution is -0.114. The Morgan fingerprint density at radius 1 is 1.23 bits per heavy atom. The lowest BCUT2D eigenvalue weighted by atomic mass is 10.1. The molecule has 0 saturated heterocycles. The number of hydrogen-bond donors (Lipinski definition) is 0. The van der Waals surface area contributed by atoms with Gasteiger partial charge in [-0.3, -0.25) is 9.59 Å². The number of hydrogen-bond acceptors (Lipinski definition) is 9. The van der Waals surface area contributed by atoms with E-state index < -0.39 is 0 Å². The number of Topliss-reactive ketones (excluding diaryl/α,β-unsaturated/α-hetero) is 1. The summed E-state index contributed by atoms with van der Waals surface area (Å²) in [6, 6.07) is 5.41. The Kier molecular flexibility index (Phi) is 5.52. The fourth-order valence-corrected chi connectivity index (χ4v) is 3.92. The number of fused-ring (bicyclic) bond motifs is 1. The first-order chi connectivity index (χ1) is 12.5. The Morgan fingerprint density at radius 2 is 2.00 bits per heavy atom. The highest BCUT2D eigenvalue weighted by atomic mass is 32.2. The number of thioether (sulfide) groups is 1. The number of carbonyl (C=O) groups excluding carboxylic acids is 1. The van der Waals surface area contributed by atoms with Crippen LogP contribution >= 0.6 is 23.1 Å². The Labute approximate surface area is 157 Å². The van der Waals surface area contributed by atoms with Crippen LogP contribution in [-0.2, 0) is 11.2 Å². The maximum atomic E-state index is 12.6. The smallest absolute Gasteiger partial charge is 0.297 e. The van der Waals surface area contributed by atoms with Gasteiger partial charge in [0.25, 0.3) is 5.56 Å². The zero-order valence-electron chi connectivity index (χ0n) is 14.4. The molecule has 0 unspecified atom stereocenters. The van der Waals surface area contributed by atoms with Crippen LogP contribution in [0.25, 0.3) is 4.96 Å². The molecule has 2 heterocycles. The Balaban J connectivity index is 1.90. The molecule has 0 N–H and O–H groups in total. The van der Waals surface area contributed by atoms with Gasteiger partial charge in [0.2, 0.25) is 4.96 Å². The van der Waals surface area contributed by atoms with Crippen molar-refractivity contribution in [3.05, 3.63) is 39.8 Å². The summed E-state index contributed by atoms with van der Waals surface area (Å²) >= 11 is 2.51. The van der Waals surface area contributed by atoms with Crippen LogP contribution in [0.2, 0.25) is 0 Å². The van der Waals surface area contributed by atoms with Gasteiger partial charge in [-0.25, -0.2) is 0 Å². The van der Waals surface area contributed by atoms with E-state index in [2.05, 4.69) is 15.3 Å². The molecule has 0 saturated carbocycles. The molecule has 3 rings (SSSR count). The largest absolute Gasteiger partial charge is 0.493 e. The van der Waals surface area contributed by atoms with E-state index in [0.717, 1.165) is 5.56 Å². The molecular weight excluding hydrogens is 376 g/mol. The summed E-state index contributed by atoms with van der Waals surface area (Å²) in [5.41, 5.74) is 0.800. The van der Waals surface area contributed by atoms with E-state index in [1.165, 1.54) is 34.5 Å². The molecule has 0 aliphatic carbocycles. The quantitative estimate of drug-likeness (QED) is 0.562. The molecule has 3 aromatic rings. The summed E-state index contributed by atoms with van der Waals surface area (Å²) in [5.74, 6) is 1.54. The second-order valence-electron chi connectivity index (χ2n) is 5.37. The fraction of sp³-hybridized carbons (Fsp3) is 0.312. The number of ketones is 1. The minimum atomic E-state index is -0.323. The van der Waals surface area contributed by atoms with E-state index in [0.29, 0.717) is 33.0 Å². The third kappa shape index (κ3) is 3.86. The summed E-state index contributed by atoms with van der Waals surface area (Å²) in [7, 11) is 3.12. The maximum absolute atomic E-state index is 12.6. The minimum absolute atomic E-state index is 0.0434. The predicted molar refractivity (Wildman–Crippen MR) is 98.7 cm³/mol. The Bertz CT molecular complexity index is 1020. The van der Waals surface area contributed by atoms with E-state index in [9.17, 15) is 9.59 Å². The molecule has 2 aromatic heterocycles. The average Bonchev–Trinajstić information content (AvgIpc) is 3.06. The van der Waals surface area contributed by atoms with Gasteiger partial charge in [-0.05, 0) is 24.6 Å². The van der Waals surface area contributed by atoms with Crippen molar-refractivity contribution in [2.24, 2.45) is 0 Å². The number of carbonyl (C=O) groups is 1. The molecule has 0 aliphatic rings. The van der Waals surface area contributed by atoms with Crippen molar-refractivity contribution in [1.29, 1.82) is 0 Å². The number of benzene rings is 1. The van der Waals surface area contributed by atoms with Crippen molar-refractivity contribution in [1.82, 2.24) is 19.8 Å². The molecule has 0 amide bonds. The van der Waals surface area contributed by atoms with Crippen molar-refractivity contribution in [3.63, 3.8) is 0 Å². The van der Waals surface area contributed by atoms with Gasteiger partial charge in [0.15, 0.2) is 15.8 Å². The molecular formula is C16H16N4O4S2. The van der Waals surface area contributed by atoms with Gasteiger partial charge in [-0.15, -0.1) is 15.3 Å². The normalized spacial score (nSPS) is 10.9. The van der Waals surface area contributed by atoms with E-state index in [1.54, 1.807) is 26.4 Å². The summed E-state index contributed by atoms with van der Waals surface area (Å²) in [5, 5.41) is 12.4. The van der Waals surface area contributed by atoms with Crippen molar-refractivity contribution in [2.45, 2.75) is 17.7 Å². The van der Waals surface area contributed by atoms with E-state index in [-0.39, 0.29) is 17.0 Å². The molecule has 0 atom stereocenters. The molecule has 0 bridgehead atoms. The monoisotopic (exact) mass is 392 g/mol. The zero-order valence-corrected chi connectivity index (χ0v) is 16.0. The summed E-state index contributed by atoms with van der Waals surface area (Å²) in [4.78, 5) is 24.1. The van der Waals surface area contributed by atoms with Crippen molar-refractivity contribution in [3.8, 4) is 11.5 Å². The van der Waals surface area contributed by atoms with Crippen molar-refractivity contribution >= 4 is 33.8 Å². The number of methoxy groups -OCH3 is 2. The Hall–Kier alpha value is -2.46. The second kappa shape index (κ2) is 7.83. The van der Waals surface area contributed by atoms with Crippen LogP contribution in [0, 0.1) is 0 Å². The number of nitrogens with zero attached hydrogens (tertiary/aromatic N) is 4. The van der Waals surface area contributed by atoms with Crippen LogP contribution in [0.15, 0.2) is 27.3 Å². The maximum Gasteiger partial charge on any atom is 0.297 e. The van der Waals surface area contributed by atoms with Crippen molar-refractivity contribution in [2.75, 3.05) is 20.0 Å². The van der Waals surface area contributed by atoms with E-state index in [4.69, 9.17) is 9.47 Å². The number of aromatic nitrogens is 4. The first-order valence-electron chi connectivity index (χ1n) is 7.60. The summed E-state index contributed by atoms with van der Waals surface area (Å²) < 4.78 is 12.3. The average molecular weight is 392 g/mol. The van der Waals surface area contributed by atoms with Gasteiger partial charge in [-0.2, -0.15) is 4.52 Å². The standard InChI is InChI=1S/C16H16N4O4S2/c1-9(21)8-25-16-19-20-14(22)11(17-18-15(20)26-16)6-10-4-5-12(23-2)13(7-10)24-3/h4-5,7H,6,8H2,1-3H3. The Morgan fingerprint density at radius 3 is 2.69 bits per heavy atom. The van der Waals surface area contributed by atoms with Crippen LogP contribution in [0.1, 0.15) is 18.2 Å². The lowest BCUT2D eigenvalue weighted by Gasteiger charge is -2.09. The predicted octanol–water partition coefficient (Wildman–Crippen LogP) is 1.84. The molecule has 1 aromatic carbocycles. The van der Waals surface area contributed by atoms with Crippen molar-refractivity contribution < 1.29 is 14.3 Å². The first-order valence-corrected chi connectivity index (χ1v) is 9.40. The number of ether oxygens (including phenoxy) is 2. The molecule has 8 nitrogen and oxygen atoms in total. The molecule has 0 fully saturated rings. The third-order valence-electron chi connectivity index (χ3n) is 3.46. The molecule has 0 spiro atoms. The molecule has 136 valence electrons. The third-order valence-corrected chi connectivity index (χ3v) is 5.63. The van der Waals surface area contributed by atoms with Crippen LogP contribution in [0.4, 0.5) is 0 Å². The molecule has 10 heteroatoms. The second-order valence-corrected chi connectivity index (χ2v) is 7.55. The zero-order chi connectivity index (χ0) is 18.7. The number of rotatable bonds is 7. The highest BCUT2D eigenvalue weighted by Gasteiger charge is 2.14. The molecule has 26 heavy (non-hydrogen) atoms. The summed E-state index contributed by atoms with van der Waals surface area (Å²) in [6.45, 7) is 1.51. The van der Waals surface area contributed by atoms with Gasteiger partial charge in [0, 0.05) is 6.42 Å². The first kappa shape index (κ1) is 18.3. The topological polar surface area (TPSA) is 95.7 Å². The van der Waals surface area contributed by atoms with Gasteiger partial charge >= 0.3 is 0 Å². The minimum Gasteiger partial charge on any atom is -0.493 e. The highest BCUT2D eigenvalue weighted by Crippen LogP contribution is 2.28. The van der Waals surface area contributed by atoms with Crippen LogP contribution in [-0.4, -0.2) is 45.6 Å². The van der Waals surface area contributed by atoms with E-state index in [1.807, 2.05) is 6.07 Å².